The summed E-state index contributed by atoms with van der Waals surface area (Å²) in [6.45, 7) is 3.82. The van der Waals surface area contributed by atoms with E-state index in [1.165, 1.54) is 16.7 Å². The Hall–Kier alpha value is -2.45. The molecule has 3 aromatic rings. The summed E-state index contributed by atoms with van der Waals surface area (Å²) in [7, 11) is -3.71. The van der Waals surface area contributed by atoms with Crippen LogP contribution in [0.15, 0.2) is 47.8 Å². The molecule has 2 N–H and O–H groups in total. The van der Waals surface area contributed by atoms with Gasteiger partial charge in [0.05, 0.1) is 10.3 Å². The summed E-state index contributed by atoms with van der Waals surface area (Å²) in [6.07, 6.45) is 6.34. The monoisotopic (exact) mass is 385 g/mol. The van der Waals surface area contributed by atoms with Gasteiger partial charge in [0.25, 0.3) is 10.0 Å². The van der Waals surface area contributed by atoms with Gasteiger partial charge in [-0.25, -0.2) is 22.4 Å². The highest BCUT2D eigenvalue weighted by atomic mass is 32.2. The molecule has 1 unspecified atom stereocenters. The van der Waals surface area contributed by atoms with Gasteiger partial charge in [-0.05, 0) is 44.5 Å². The maximum absolute atomic E-state index is 13.0. The molecular weight excluding hydrogens is 362 g/mol. The normalized spacial score (nSPS) is 18.3. The van der Waals surface area contributed by atoms with E-state index in [4.69, 9.17) is 0 Å². The van der Waals surface area contributed by atoms with Crippen LogP contribution in [0, 0.1) is 6.92 Å². The van der Waals surface area contributed by atoms with Crippen molar-refractivity contribution in [1.29, 1.82) is 0 Å². The molecular formula is C19H23N5O2S. The summed E-state index contributed by atoms with van der Waals surface area (Å²) < 4.78 is 27.3. The third-order valence-electron chi connectivity index (χ3n) is 4.91. The Balaban J connectivity index is 1.70. The highest BCUT2D eigenvalue weighted by Crippen LogP contribution is 2.25. The Morgan fingerprint density at radius 3 is 2.78 bits per heavy atom. The van der Waals surface area contributed by atoms with Crippen LogP contribution in [0.1, 0.15) is 24.8 Å². The topological polar surface area (TPSA) is 88.9 Å². The minimum Gasteiger partial charge on any atom is -0.365 e. The Morgan fingerprint density at radius 2 is 1.96 bits per heavy atom. The van der Waals surface area contributed by atoms with Gasteiger partial charge in [-0.1, -0.05) is 24.1 Å². The molecule has 1 fully saturated rings. The first kappa shape index (κ1) is 17.9. The second kappa shape index (κ2) is 7.28. The van der Waals surface area contributed by atoms with E-state index in [0.717, 1.165) is 31.5 Å². The molecule has 0 amide bonds. The van der Waals surface area contributed by atoms with Gasteiger partial charge < -0.3 is 10.6 Å². The van der Waals surface area contributed by atoms with Crippen LogP contribution in [0.25, 0.3) is 11.0 Å². The molecule has 0 spiro atoms. The van der Waals surface area contributed by atoms with Gasteiger partial charge >= 0.3 is 0 Å². The molecule has 8 heteroatoms. The number of aromatic nitrogens is 3. The van der Waals surface area contributed by atoms with Gasteiger partial charge in [-0.15, -0.1) is 0 Å². The lowest BCUT2D eigenvalue weighted by Gasteiger charge is -2.17. The molecule has 1 aromatic carbocycles. The molecule has 0 aliphatic carbocycles. The number of aryl methyl sites for hydroxylation is 1. The van der Waals surface area contributed by atoms with Gasteiger partial charge in [0.1, 0.15) is 12.1 Å². The van der Waals surface area contributed by atoms with Gasteiger partial charge in [-0.3, -0.25) is 0 Å². The number of nitrogens with one attached hydrogen (secondary N) is 2. The number of hydrogen-bond donors (Lipinski definition) is 2. The number of benzene rings is 1. The molecule has 1 aliphatic rings. The minimum atomic E-state index is -3.71. The van der Waals surface area contributed by atoms with Crippen LogP contribution >= 0.6 is 0 Å². The van der Waals surface area contributed by atoms with Crippen molar-refractivity contribution in [2.75, 3.05) is 18.4 Å². The lowest BCUT2D eigenvalue weighted by atomic mass is 10.1. The first-order valence-corrected chi connectivity index (χ1v) is 10.6. The molecule has 27 heavy (non-hydrogen) atoms. The van der Waals surface area contributed by atoms with Crippen LogP contribution in [0.3, 0.4) is 0 Å². The lowest BCUT2D eigenvalue weighted by Crippen LogP contribution is -2.31. The van der Waals surface area contributed by atoms with Gasteiger partial charge in [-0.2, -0.15) is 0 Å². The average Bonchev–Trinajstić information content (AvgIpc) is 2.95. The minimum absolute atomic E-state index is 0.242. The SMILES string of the molecule is Cc1ccc(S(=O)(=O)n2ccc3c(NC4CCCCNC4)ncnc32)cc1. The van der Waals surface area contributed by atoms with Gasteiger partial charge in [0.2, 0.25) is 0 Å². The number of anilines is 1. The number of nitrogens with zero attached hydrogens (tertiary/aromatic N) is 3. The molecule has 0 bridgehead atoms. The molecule has 4 rings (SSSR count). The number of rotatable bonds is 4. The smallest absolute Gasteiger partial charge is 0.269 e. The summed E-state index contributed by atoms with van der Waals surface area (Å²) in [6, 6.07) is 8.84. The second-order valence-electron chi connectivity index (χ2n) is 6.93. The zero-order valence-corrected chi connectivity index (χ0v) is 16.0. The third-order valence-corrected chi connectivity index (χ3v) is 6.59. The highest BCUT2D eigenvalue weighted by Gasteiger charge is 2.22. The second-order valence-corrected chi connectivity index (χ2v) is 8.75. The van der Waals surface area contributed by atoms with Gasteiger partial charge in [0, 0.05) is 18.8 Å². The summed E-state index contributed by atoms with van der Waals surface area (Å²) in [5.41, 5.74) is 1.40. The van der Waals surface area contributed by atoms with E-state index in [1.807, 2.05) is 6.92 Å². The Bertz CT molecular complexity index is 1040. The fourth-order valence-electron chi connectivity index (χ4n) is 3.40. The van der Waals surface area contributed by atoms with Crippen molar-refractivity contribution in [1.82, 2.24) is 19.3 Å². The summed E-state index contributed by atoms with van der Waals surface area (Å²) in [5, 5.41) is 7.57. The molecule has 0 saturated carbocycles. The van der Waals surface area contributed by atoms with E-state index < -0.39 is 10.0 Å². The largest absolute Gasteiger partial charge is 0.365 e. The first-order valence-electron chi connectivity index (χ1n) is 9.17. The van der Waals surface area contributed by atoms with E-state index >= 15 is 0 Å². The van der Waals surface area contributed by atoms with Crippen LogP contribution in [0.5, 0.6) is 0 Å². The zero-order chi connectivity index (χ0) is 18.9. The molecule has 2 aromatic heterocycles. The summed E-state index contributed by atoms with van der Waals surface area (Å²) >= 11 is 0. The van der Waals surface area contributed by atoms with Crippen LogP contribution in [0.2, 0.25) is 0 Å². The zero-order valence-electron chi connectivity index (χ0n) is 15.2. The first-order chi connectivity index (χ1) is 13.1. The van der Waals surface area contributed by atoms with Crippen molar-refractivity contribution in [3.63, 3.8) is 0 Å². The molecule has 1 aliphatic heterocycles. The van der Waals surface area contributed by atoms with Gasteiger partial charge in [0.15, 0.2) is 5.65 Å². The van der Waals surface area contributed by atoms with E-state index in [-0.39, 0.29) is 10.9 Å². The van der Waals surface area contributed by atoms with Crippen molar-refractivity contribution in [2.45, 2.75) is 37.1 Å². The number of hydrogen-bond acceptors (Lipinski definition) is 6. The van der Waals surface area contributed by atoms with E-state index in [0.29, 0.717) is 16.9 Å². The third kappa shape index (κ3) is 3.54. The van der Waals surface area contributed by atoms with E-state index in [9.17, 15) is 8.42 Å². The Morgan fingerprint density at radius 1 is 1.15 bits per heavy atom. The predicted octanol–water partition coefficient (Wildman–Crippen LogP) is 2.53. The van der Waals surface area contributed by atoms with E-state index in [1.54, 1.807) is 36.5 Å². The molecule has 1 saturated heterocycles. The fourth-order valence-corrected chi connectivity index (χ4v) is 4.70. The lowest BCUT2D eigenvalue weighted by molar-refractivity contribution is 0.588. The summed E-state index contributed by atoms with van der Waals surface area (Å²) in [4.78, 5) is 8.84. The molecule has 3 heterocycles. The standard InChI is InChI=1S/C19H23N5O2S/c1-14-5-7-16(8-6-14)27(25,26)24-11-9-17-18(21-13-22-19(17)24)23-15-4-2-3-10-20-12-15/h5-9,11,13,15,20H,2-4,10,12H2,1H3,(H,21,22,23). The molecule has 142 valence electrons. The van der Waals surface area contributed by atoms with Crippen molar-refractivity contribution in [3.05, 3.63) is 48.4 Å². The maximum atomic E-state index is 13.0. The van der Waals surface area contributed by atoms with Crippen LogP contribution in [0.4, 0.5) is 5.82 Å². The fraction of sp³-hybridized carbons (Fsp3) is 0.368. The Kier molecular flexibility index (Phi) is 4.84. The number of fused-ring (bicyclic) bond motifs is 1. The van der Waals surface area contributed by atoms with Crippen molar-refractivity contribution in [2.24, 2.45) is 0 Å². The van der Waals surface area contributed by atoms with Crippen LogP contribution < -0.4 is 10.6 Å². The molecule has 1 atom stereocenters. The molecule has 7 nitrogen and oxygen atoms in total. The van der Waals surface area contributed by atoms with Crippen molar-refractivity contribution >= 4 is 26.9 Å². The average molecular weight is 385 g/mol. The quantitative estimate of drug-likeness (QED) is 0.717. The van der Waals surface area contributed by atoms with Crippen molar-refractivity contribution < 1.29 is 8.42 Å². The van der Waals surface area contributed by atoms with Crippen LogP contribution in [-0.2, 0) is 10.0 Å². The highest BCUT2D eigenvalue weighted by molar-refractivity contribution is 7.90. The van der Waals surface area contributed by atoms with E-state index in [2.05, 4.69) is 20.6 Å². The maximum Gasteiger partial charge on any atom is 0.269 e. The van der Waals surface area contributed by atoms with Crippen LogP contribution in [-0.4, -0.2) is 41.5 Å². The molecule has 0 radical (unpaired) electrons. The summed E-state index contributed by atoms with van der Waals surface area (Å²) in [5.74, 6) is 0.673. The van der Waals surface area contributed by atoms with Crippen molar-refractivity contribution in [3.8, 4) is 0 Å². The predicted molar refractivity (Wildman–Crippen MR) is 105 cm³/mol. The Labute approximate surface area is 158 Å².